The highest BCUT2D eigenvalue weighted by Crippen LogP contribution is 2.27. The Morgan fingerprint density at radius 3 is 2.75 bits per heavy atom. The number of hydrogen-bond acceptors (Lipinski definition) is 4. The van der Waals surface area contributed by atoms with E-state index >= 15 is 0 Å². The summed E-state index contributed by atoms with van der Waals surface area (Å²) in [4.78, 5) is 12.2. The van der Waals surface area contributed by atoms with Gasteiger partial charge in [-0.3, -0.25) is 9.48 Å². The van der Waals surface area contributed by atoms with Gasteiger partial charge < -0.3 is 10.1 Å². The van der Waals surface area contributed by atoms with E-state index in [-0.39, 0.29) is 12.6 Å². The van der Waals surface area contributed by atoms with E-state index in [0.717, 1.165) is 16.6 Å². The van der Waals surface area contributed by atoms with Crippen molar-refractivity contribution in [3.63, 3.8) is 0 Å². The Morgan fingerprint density at radius 2 is 2.04 bits per heavy atom. The van der Waals surface area contributed by atoms with Crippen molar-refractivity contribution in [2.24, 2.45) is 0 Å². The smallest absolute Gasteiger partial charge is 0.271 e. The van der Waals surface area contributed by atoms with E-state index in [2.05, 4.69) is 31.4 Å². The normalized spacial score (nSPS) is 10.9. The van der Waals surface area contributed by atoms with Crippen LogP contribution in [-0.4, -0.2) is 32.0 Å². The molecule has 0 unspecified atom stereocenters. The zero-order chi connectivity index (χ0) is 20.1. The maximum Gasteiger partial charge on any atom is 0.271 e. The maximum absolute atomic E-state index is 12.2. The second-order valence-electron chi connectivity index (χ2n) is 6.02. The predicted octanol–water partition coefficient (Wildman–Crippen LogP) is 4.31. The van der Waals surface area contributed by atoms with Gasteiger partial charge in [0.05, 0.1) is 15.7 Å². The molecule has 0 atom stereocenters. The minimum atomic E-state index is -0.241. The molecule has 2 aromatic heterocycles. The summed E-state index contributed by atoms with van der Waals surface area (Å²) in [6, 6.07) is 6.98. The van der Waals surface area contributed by atoms with Crippen molar-refractivity contribution in [2.45, 2.75) is 26.6 Å². The molecule has 1 amide bonds. The van der Waals surface area contributed by atoms with Gasteiger partial charge >= 0.3 is 0 Å². The molecular formula is C18H18BrCl2N5O2. The Balaban J connectivity index is 1.44. The molecule has 0 bridgehead atoms. The zero-order valence-corrected chi connectivity index (χ0v) is 18.1. The second-order valence-corrected chi connectivity index (χ2v) is 7.75. The summed E-state index contributed by atoms with van der Waals surface area (Å²) in [5.41, 5.74) is 1.12. The van der Waals surface area contributed by atoms with Crippen LogP contribution in [0.2, 0.25) is 10.0 Å². The molecule has 1 N–H and O–H groups in total. The second kappa shape index (κ2) is 9.45. The minimum absolute atomic E-state index is 0.147. The van der Waals surface area contributed by atoms with E-state index in [1.807, 2.05) is 13.0 Å². The summed E-state index contributed by atoms with van der Waals surface area (Å²) in [6.07, 6.45) is 4.18. The lowest BCUT2D eigenvalue weighted by Crippen LogP contribution is -2.26. The quantitative estimate of drug-likeness (QED) is 0.481. The number of nitrogens with one attached hydrogen (secondary N) is 1. The molecule has 0 aliphatic heterocycles. The Hall–Kier alpha value is -2.03. The Morgan fingerprint density at radius 1 is 1.21 bits per heavy atom. The largest absolute Gasteiger partial charge is 0.470 e. The number of carbonyl (C=O) groups excluding carboxylic acids is 1. The Bertz CT molecular complexity index is 953. The van der Waals surface area contributed by atoms with Gasteiger partial charge in [0.2, 0.25) is 0 Å². The van der Waals surface area contributed by atoms with E-state index in [4.69, 9.17) is 27.9 Å². The third-order valence-electron chi connectivity index (χ3n) is 3.86. The van der Waals surface area contributed by atoms with E-state index in [1.54, 1.807) is 35.3 Å². The summed E-state index contributed by atoms with van der Waals surface area (Å²) in [5, 5.41) is 12.5. The average molecular weight is 487 g/mol. The van der Waals surface area contributed by atoms with Crippen molar-refractivity contribution >= 4 is 45.0 Å². The van der Waals surface area contributed by atoms with E-state index < -0.39 is 0 Å². The van der Waals surface area contributed by atoms with Crippen LogP contribution in [0.25, 0.3) is 0 Å². The first-order valence-corrected chi connectivity index (χ1v) is 10.1. The third-order valence-corrected chi connectivity index (χ3v) is 5.02. The van der Waals surface area contributed by atoms with E-state index in [1.165, 1.54) is 4.68 Å². The fraction of sp³-hybridized carbons (Fsp3) is 0.278. The molecule has 10 heteroatoms. The van der Waals surface area contributed by atoms with Crippen LogP contribution in [0.15, 0.2) is 41.1 Å². The number of hydrogen-bond donors (Lipinski definition) is 1. The first-order chi connectivity index (χ1) is 13.4. The molecule has 0 aliphatic rings. The van der Waals surface area contributed by atoms with Gasteiger partial charge in [0.15, 0.2) is 6.73 Å². The summed E-state index contributed by atoms with van der Waals surface area (Å²) < 4.78 is 9.79. The lowest BCUT2D eigenvalue weighted by atomic mass is 10.3. The van der Waals surface area contributed by atoms with Gasteiger partial charge in [-0.25, -0.2) is 4.68 Å². The molecule has 0 saturated heterocycles. The molecule has 0 fully saturated rings. The van der Waals surface area contributed by atoms with Gasteiger partial charge in [0.1, 0.15) is 11.4 Å². The molecule has 28 heavy (non-hydrogen) atoms. The number of ether oxygens (including phenoxy) is 1. The van der Waals surface area contributed by atoms with Gasteiger partial charge in [-0.2, -0.15) is 10.2 Å². The molecule has 2 heterocycles. The molecule has 1 aromatic carbocycles. The van der Waals surface area contributed by atoms with Crippen molar-refractivity contribution in [2.75, 3.05) is 6.54 Å². The highest BCUT2D eigenvalue weighted by atomic mass is 79.9. The van der Waals surface area contributed by atoms with Crippen LogP contribution in [0, 0.1) is 6.92 Å². The number of rotatable bonds is 8. The standard InChI is InChI=1S/C18H18BrCl2N5O2/c1-12-15(21)10-25(23-12)7-2-6-22-18(27)16-5-8-26(24-16)11-28-17-4-3-13(19)9-14(17)20/h3-5,8-10H,2,6-7,11H2,1H3,(H,22,27). The first kappa shape index (κ1) is 20.7. The van der Waals surface area contributed by atoms with Gasteiger partial charge in [0, 0.05) is 30.0 Å². The molecule has 3 aromatic rings. The summed E-state index contributed by atoms with van der Waals surface area (Å²) in [7, 11) is 0. The monoisotopic (exact) mass is 485 g/mol. The molecule has 7 nitrogen and oxygen atoms in total. The topological polar surface area (TPSA) is 74.0 Å². The van der Waals surface area contributed by atoms with Crippen LogP contribution in [0.4, 0.5) is 0 Å². The number of aryl methyl sites for hydroxylation is 2. The van der Waals surface area contributed by atoms with Crippen molar-refractivity contribution in [1.82, 2.24) is 24.9 Å². The zero-order valence-electron chi connectivity index (χ0n) is 15.0. The highest BCUT2D eigenvalue weighted by molar-refractivity contribution is 9.10. The lowest BCUT2D eigenvalue weighted by molar-refractivity contribution is 0.0945. The van der Waals surface area contributed by atoms with Crippen molar-refractivity contribution in [3.8, 4) is 5.75 Å². The van der Waals surface area contributed by atoms with Crippen molar-refractivity contribution in [1.29, 1.82) is 0 Å². The third kappa shape index (κ3) is 5.50. The maximum atomic E-state index is 12.2. The van der Waals surface area contributed by atoms with Gasteiger partial charge in [-0.1, -0.05) is 39.1 Å². The van der Waals surface area contributed by atoms with Crippen LogP contribution in [0.3, 0.4) is 0 Å². The van der Waals surface area contributed by atoms with Crippen LogP contribution in [0.5, 0.6) is 5.75 Å². The van der Waals surface area contributed by atoms with Crippen LogP contribution < -0.4 is 10.1 Å². The van der Waals surface area contributed by atoms with Crippen molar-refractivity contribution in [3.05, 3.63) is 62.6 Å². The van der Waals surface area contributed by atoms with Crippen LogP contribution in [-0.2, 0) is 13.3 Å². The Labute approximate surface area is 180 Å². The van der Waals surface area contributed by atoms with Gasteiger partial charge in [-0.15, -0.1) is 0 Å². The van der Waals surface area contributed by atoms with Gasteiger partial charge in [-0.05, 0) is 37.6 Å². The fourth-order valence-corrected chi connectivity index (χ4v) is 3.30. The number of benzene rings is 1. The van der Waals surface area contributed by atoms with E-state index in [9.17, 15) is 4.79 Å². The molecule has 3 rings (SSSR count). The lowest BCUT2D eigenvalue weighted by Gasteiger charge is -2.08. The first-order valence-electron chi connectivity index (χ1n) is 8.51. The summed E-state index contributed by atoms with van der Waals surface area (Å²) >= 11 is 15.4. The van der Waals surface area contributed by atoms with E-state index in [0.29, 0.717) is 34.6 Å². The fourth-order valence-electron chi connectivity index (χ4n) is 2.42. The molecule has 148 valence electrons. The minimum Gasteiger partial charge on any atom is -0.470 e. The SMILES string of the molecule is Cc1nn(CCCNC(=O)c2ccn(COc3ccc(Br)cc3Cl)n2)cc1Cl. The average Bonchev–Trinajstić information content (AvgIpc) is 3.25. The highest BCUT2D eigenvalue weighted by Gasteiger charge is 2.10. The molecule has 0 saturated carbocycles. The predicted molar refractivity (Wildman–Crippen MR) is 111 cm³/mol. The molecule has 0 spiro atoms. The number of carbonyl (C=O) groups is 1. The molecule has 0 aliphatic carbocycles. The summed E-state index contributed by atoms with van der Waals surface area (Å²) in [6.45, 7) is 3.18. The molecular weight excluding hydrogens is 469 g/mol. The Kier molecular flexibility index (Phi) is 6.98. The van der Waals surface area contributed by atoms with Gasteiger partial charge in [0.25, 0.3) is 5.91 Å². The van der Waals surface area contributed by atoms with Crippen LogP contribution >= 0.6 is 39.1 Å². The summed E-state index contributed by atoms with van der Waals surface area (Å²) in [5.74, 6) is 0.301. The van der Waals surface area contributed by atoms with Crippen LogP contribution in [0.1, 0.15) is 22.6 Å². The number of amides is 1. The number of halogens is 3. The molecule has 0 radical (unpaired) electrons. The van der Waals surface area contributed by atoms with Crippen molar-refractivity contribution < 1.29 is 9.53 Å². The number of aromatic nitrogens is 4. The number of nitrogens with zero attached hydrogens (tertiary/aromatic N) is 4.